The fourth-order valence-electron chi connectivity index (χ4n) is 4.05. The van der Waals surface area contributed by atoms with Crippen LogP contribution in [-0.4, -0.2) is 46.6 Å². The molecule has 0 aliphatic carbocycles. The van der Waals surface area contributed by atoms with Crippen molar-refractivity contribution in [1.82, 2.24) is 24.8 Å². The standard InChI is InChI=1S/C28H25N5O3S/c1-37(35,36)23-10-5-9-21(17-23)27-26(20-7-3-2-4-8-20)32-25-18-22(11-12-24(25)31-27)28(34)30-13-6-15-33-16-14-29-19-33/h2-5,7-12,14,16-19H,6,13,15H2,1H3,(H,30,34). The van der Waals surface area contributed by atoms with Gasteiger partial charge >= 0.3 is 0 Å². The largest absolute Gasteiger partial charge is 0.352 e. The summed E-state index contributed by atoms with van der Waals surface area (Å²) in [5, 5.41) is 2.95. The molecule has 37 heavy (non-hydrogen) atoms. The quantitative estimate of drug-likeness (QED) is 0.310. The van der Waals surface area contributed by atoms with Crippen molar-refractivity contribution in [2.24, 2.45) is 0 Å². The second-order valence-corrected chi connectivity index (χ2v) is 10.7. The van der Waals surface area contributed by atoms with Crippen LogP contribution in [0.15, 0.2) is 96.4 Å². The Kier molecular flexibility index (Phi) is 6.78. The maximum Gasteiger partial charge on any atom is 0.251 e. The highest BCUT2D eigenvalue weighted by Gasteiger charge is 2.17. The van der Waals surface area contributed by atoms with Crippen LogP contribution in [0.2, 0.25) is 0 Å². The molecule has 0 saturated carbocycles. The van der Waals surface area contributed by atoms with E-state index >= 15 is 0 Å². The molecule has 0 aliphatic heterocycles. The summed E-state index contributed by atoms with van der Waals surface area (Å²) in [6.07, 6.45) is 7.33. The van der Waals surface area contributed by atoms with E-state index in [0.29, 0.717) is 40.1 Å². The third-order valence-electron chi connectivity index (χ3n) is 5.95. The van der Waals surface area contributed by atoms with Crippen molar-refractivity contribution in [1.29, 1.82) is 0 Å². The SMILES string of the molecule is CS(=O)(=O)c1cccc(-c2nc3ccc(C(=O)NCCCn4ccnc4)cc3nc2-c2ccccc2)c1. The summed E-state index contributed by atoms with van der Waals surface area (Å²) in [7, 11) is -3.39. The number of carbonyl (C=O) groups is 1. The Hall–Kier alpha value is -4.37. The van der Waals surface area contributed by atoms with Crippen LogP contribution < -0.4 is 5.32 Å². The summed E-state index contributed by atoms with van der Waals surface area (Å²) >= 11 is 0. The van der Waals surface area contributed by atoms with Crippen molar-refractivity contribution < 1.29 is 13.2 Å². The predicted octanol–water partition coefficient (Wildman–Crippen LogP) is 4.38. The van der Waals surface area contributed by atoms with Gasteiger partial charge in [-0.25, -0.2) is 23.4 Å². The average Bonchev–Trinajstić information content (AvgIpc) is 3.44. The van der Waals surface area contributed by atoms with Crippen molar-refractivity contribution >= 4 is 26.8 Å². The molecule has 186 valence electrons. The zero-order valence-corrected chi connectivity index (χ0v) is 21.0. The molecule has 0 fully saturated rings. The van der Waals surface area contributed by atoms with E-state index in [-0.39, 0.29) is 10.8 Å². The monoisotopic (exact) mass is 511 g/mol. The van der Waals surface area contributed by atoms with Crippen molar-refractivity contribution in [2.45, 2.75) is 17.9 Å². The number of aromatic nitrogens is 4. The van der Waals surface area contributed by atoms with Crippen LogP contribution in [0.3, 0.4) is 0 Å². The molecule has 0 unspecified atom stereocenters. The van der Waals surface area contributed by atoms with Crippen LogP contribution in [0, 0.1) is 0 Å². The summed E-state index contributed by atoms with van der Waals surface area (Å²) in [6, 6.07) is 21.5. The molecule has 0 bridgehead atoms. The minimum absolute atomic E-state index is 0.180. The number of imidazole rings is 1. The number of hydrogen-bond donors (Lipinski definition) is 1. The topological polar surface area (TPSA) is 107 Å². The molecule has 9 heteroatoms. The molecule has 3 aromatic carbocycles. The summed E-state index contributed by atoms with van der Waals surface area (Å²) < 4.78 is 26.3. The number of rotatable bonds is 8. The van der Waals surface area contributed by atoms with Gasteiger partial charge in [0.05, 0.1) is 33.6 Å². The van der Waals surface area contributed by atoms with Crippen LogP contribution in [0.25, 0.3) is 33.5 Å². The van der Waals surface area contributed by atoms with Crippen molar-refractivity contribution in [2.75, 3.05) is 12.8 Å². The minimum Gasteiger partial charge on any atom is -0.352 e. The maximum absolute atomic E-state index is 12.8. The molecule has 5 aromatic rings. The highest BCUT2D eigenvalue weighted by molar-refractivity contribution is 7.90. The van der Waals surface area contributed by atoms with E-state index in [1.807, 2.05) is 47.2 Å². The van der Waals surface area contributed by atoms with E-state index in [2.05, 4.69) is 10.3 Å². The Morgan fingerprint density at radius 1 is 0.892 bits per heavy atom. The van der Waals surface area contributed by atoms with Gasteiger partial charge in [0, 0.05) is 48.4 Å². The lowest BCUT2D eigenvalue weighted by Gasteiger charge is -2.12. The van der Waals surface area contributed by atoms with E-state index in [1.54, 1.807) is 48.9 Å². The fraction of sp³-hybridized carbons (Fsp3) is 0.143. The Morgan fingerprint density at radius 3 is 2.41 bits per heavy atom. The third kappa shape index (κ3) is 5.57. The number of carbonyl (C=O) groups excluding carboxylic acids is 1. The number of benzene rings is 3. The molecule has 0 atom stereocenters. The van der Waals surface area contributed by atoms with E-state index in [0.717, 1.165) is 18.5 Å². The number of hydrogen-bond acceptors (Lipinski definition) is 6. The van der Waals surface area contributed by atoms with E-state index in [4.69, 9.17) is 9.97 Å². The third-order valence-corrected chi connectivity index (χ3v) is 7.06. The van der Waals surface area contributed by atoms with Crippen LogP contribution in [-0.2, 0) is 16.4 Å². The molecular formula is C28H25N5O3S. The number of nitrogens with zero attached hydrogens (tertiary/aromatic N) is 4. The molecule has 5 rings (SSSR count). The smallest absolute Gasteiger partial charge is 0.251 e. The van der Waals surface area contributed by atoms with Crippen LogP contribution in [0.5, 0.6) is 0 Å². The first-order valence-corrected chi connectivity index (χ1v) is 13.7. The van der Waals surface area contributed by atoms with Gasteiger partial charge in [-0.3, -0.25) is 4.79 Å². The number of aryl methyl sites for hydroxylation is 1. The fourth-order valence-corrected chi connectivity index (χ4v) is 4.72. The van der Waals surface area contributed by atoms with Crippen molar-refractivity contribution in [3.63, 3.8) is 0 Å². The first-order valence-electron chi connectivity index (χ1n) is 11.8. The van der Waals surface area contributed by atoms with Crippen LogP contribution in [0.4, 0.5) is 0 Å². The molecule has 8 nitrogen and oxygen atoms in total. The lowest BCUT2D eigenvalue weighted by atomic mass is 10.0. The molecular weight excluding hydrogens is 486 g/mol. The average molecular weight is 512 g/mol. The zero-order valence-electron chi connectivity index (χ0n) is 20.2. The van der Waals surface area contributed by atoms with Crippen molar-refractivity contribution in [3.05, 3.63) is 97.1 Å². The molecule has 0 spiro atoms. The molecule has 0 aliphatic rings. The number of nitrogens with one attached hydrogen (secondary N) is 1. The van der Waals surface area contributed by atoms with Gasteiger partial charge in [0.15, 0.2) is 9.84 Å². The summed E-state index contributed by atoms with van der Waals surface area (Å²) in [5.41, 5.74) is 4.35. The summed E-state index contributed by atoms with van der Waals surface area (Å²) in [5.74, 6) is -0.180. The molecule has 2 heterocycles. The van der Waals surface area contributed by atoms with Crippen LogP contribution in [0.1, 0.15) is 16.8 Å². The Balaban J connectivity index is 1.48. The van der Waals surface area contributed by atoms with Gasteiger partial charge in [0.2, 0.25) is 0 Å². The van der Waals surface area contributed by atoms with E-state index in [1.165, 1.54) is 6.26 Å². The van der Waals surface area contributed by atoms with Gasteiger partial charge in [-0.2, -0.15) is 0 Å². The van der Waals surface area contributed by atoms with Gasteiger partial charge < -0.3 is 9.88 Å². The second kappa shape index (κ2) is 10.3. The van der Waals surface area contributed by atoms with E-state index in [9.17, 15) is 13.2 Å². The Labute approximate surface area is 215 Å². The minimum atomic E-state index is -3.39. The van der Waals surface area contributed by atoms with Gasteiger partial charge in [0.1, 0.15) is 0 Å². The predicted molar refractivity (Wildman–Crippen MR) is 143 cm³/mol. The molecule has 0 radical (unpaired) electrons. The van der Waals surface area contributed by atoms with Crippen LogP contribution >= 0.6 is 0 Å². The second-order valence-electron chi connectivity index (χ2n) is 8.70. The van der Waals surface area contributed by atoms with Crippen molar-refractivity contribution in [3.8, 4) is 22.5 Å². The van der Waals surface area contributed by atoms with Gasteiger partial charge in [0.25, 0.3) is 5.91 Å². The zero-order chi connectivity index (χ0) is 25.8. The Bertz CT molecular complexity index is 1670. The Morgan fingerprint density at radius 2 is 1.65 bits per heavy atom. The number of amides is 1. The highest BCUT2D eigenvalue weighted by atomic mass is 32.2. The first-order chi connectivity index (χ1) is 17.9. The molecule has 1 amide bonds. The first kappa shape index (κ1) is 24.3. The van der Waals surface area contributed by atoms with E-state index < -0.39 is 9.84 Å². The number of fused-ring (bicyclic) bond motifs is 1. The number of sulfone groups is 1. The molecule has 2 aromatic heterocycles. The molecule has 0 saturated heterocycles. The lowest BCUT2D eigenvalue weighted by Crippen LogP contribution is -2.25. The summed E-state index contributed by atoms with van der Waals surface area (Å²) in [6.45, 7) is 1.30. The van der Waals surface area contributed by atoms with Gasteiger partial charge in [-0.15, -0.1) is 0 Å². The summed E-state index contributed by atoms with van der Waals surface area (Å²) in [4.78, 5) is 26.8. The maximum atomic E-state index is 12.8. The lowest BCUT2D eigenvalue weighted by molar-refractivity contribution is 0.0953. The highest BCUT2D eigenvalue weighted by Crippen LogP contribution is 2.32. The van der Waals surface area contributed by atoms with Gasteiger partial charge in [-0.05, 0) is 36.8 Å². The normalized spacial score (nSPS) is 11.5. The van der Waals surface area contributed by atoms with Gasteiger partial charge in [-0.1, -0.05) is 42.5 Å². The molecule has 1 N–H and O–H groups in total.